The predicted molar refractivity (Wildman–Crippen MR) is 62.6 cm³/mol. The summed E-state index contributed by atoms with van der Waals surface area (Å²) in [6.07, 6.45) is 1.32. The first-order valence-electron chi connectivity index (χ1n) is 4.56. The van der Waals surface area contributed by atoms with E-state index in [1.54, 1.807) is 18.2 Å². The molecule has 1 aromatic carbocycles. The summed E-state index contributed by atoms with van der Waals surface area (Å²) in [4.78, 5) is 33.3. The number of hydrogen-bond acceptors (Lipinski definition) is 3. The molecule has 0 aromatic heterocycles. The van der Waals surface area contributed by atoms with Gasteiger partial charge in [-0.15, -0.1) is 0 Å². The van der Waals surface area contributed by atoms with Crippen molar-refractivity contribution in [3.63, 3.8) is 0 Å². The van der Waals surface area contributed by atoms with Gasteiger partial charge in [0.1, 0.15) is 0 Å². The molecule has 2 rings (SSSR count). The average molecular weight is 270 g/mol. The Morgan fingerprint density at radius 3 is 2.35 bits per heavy atom. The van der Waals surface area contributed by atoms with Crippen LogP contribution in [0, 0.1) is 0 Å². The Labute approximate surface area is 106 Å². The molecule has 0 saturated carbocycles. The van der Waals surface area contributed by atoms with Crippen LogP contribution in [0.2, 0.25) is 10.0 Å². The van der Waals surface area contributed by atoms with Crippen molar-refractivity contribution >= 4 is 46.8 Å². The Kier molecular flexibility index (Phi) is 3.00. The number of benzene rings is 1. The van der Waals surface area contributed by atoms with Crippen LogP contribution in [0.25, 0.3) is 6.08 Å². The summed E-state index contributed by atoms with van der Waals surface area (Å²) in [5.41, 5.74) is 0.363. The van der Waals surface area contributed by atoms with Crippen LogP contribution in [-0.2, 0) is 14.4 Å². The number of halogens is 2. The van der Waals surface area contributed by atoms with Gasteiger partial charge in [-0.3, -0.25) is 14.4 Å². The zero-order valence-electron chi connectivity index (χ0n) is 8.29. The third-order valence-electron chi connectivity index (χ3n) is 2.19. The second kappa shape index (κ2) is 4.31. The molecule has 1 fully saturated rings. The van der Waals surface area contributed by atoms with E-state index in [9.17, 15) is 14.4 Å². The Morgan fingerprint density at radius 1 is 1.06 bits per heavy atom. The molecule has 1 amide bonds. The predicted octanol–water partition coefficient (Wildman–Crippen LogP) is 1.60. The summed E-state index contributed by atoms with van der Waals surface area (Å²) in [5.74, 6) is -2.88. The van der Waals surface area contributed by atoms with Crippen molar-refractivity contribution in [1.82, 2.24) is 5.32 Å². The van der Waals surface area contributed by atoms with Gasteiger partial charge in [-0.1, -0.05) is 35.3 Å². The van der Waals surface area contributed by atoms with Crippen molar-refractivity contribution in [3.05, 3.63) is 39.5 Å². The lowest BCUT2D eigenvalue weighted by molar-refractivity contribution is -0.140. The number of nitrogens with one attached hydrogen (secondary N) is 1. The van der Waals surface area contributed by atoms with E-state index < -0.39 is 17.5 Å². The molecule has 1 aliphatic rings. The van der Waals surface area contributed by atoms with E-state index in [0.717, 1.165) is 0 Å². The van der Waals surface area contributed by atoms with E-state index in [1.165, 1.54) is 6.08 Å². The third-order valence-corrected chi connectivity index (χ3v) is 3.02. The molecule has 1 N–H and O–H groups in total. The van der Waals surface area contributed by atoms with Crippen LogP contribution < -0.4 is 5.32 Å². The van der Waals surface area contributed by atoms with Gasteiger partial charge in [0.25, 0.3) is 11.6 Å². The summed E-state index contributed by atoms with van der Waals surface area (Å²) in [6, 6.07) is 4.85. The zero-order valence-corrected chi connectivity index (χ0v) is 9.80. The van der Waals surface area contributed by atoms with Crippen molar-refractivity contribution in [2.45, 2.75) is 0 Å². The van der Waals surface area contributed by atoms with Crippen molar-refractivity contribution in [1.29, 1.82) is 0 Å². The number of hydrogen-bond donors (Lipinski definition) is 1. The summed E-state index contributed by atoms with van der Waals surface area (Å²) in [6.45, 7) is 0. The monoisotopic (exact) mass is 269 g/mol. The second-order valence-corrected chi connectivity index (χ2v) is 4.10. The van der Waals surface area contributed by atoms with Gasteiger partial charge >= 0.3 is 5.91 Å². The lowest BCUT2D eigenvalue weighted by Crippen LogP contribution is -2.18. The zero-order chi connectivity index (χ0) is 12.6. The lowest BCUT2D eigenvalue weighted by Gasteiger charge is -2.01. The molecule has 1 aromatic rings. The molecular formula is C11H5Cl2NO3. The molecule has 0 aliphatic carbocycles. The minimum Gasteiger partial charge on any atom is -0.316 e. The highest BCUT2D eigenvalue weighted by atomic mass is 35.5. The molecule has 6 heteroatoms. The molecule has 4 nitrogen and oxygen atoms in total. The second-order valence-electron chi connectivity index (χ2n) is 3.31. The maximum atomic E-state index is 11.3. The van der Waals surface area contributed by atoms with E-state index in [1.807, 2.05) is 0 Å². The van der Waals surface area contributed by atoms with Crippen LogP contribution in [0.5, 0.6) is 0 Å². The van der Waals surface area contributed by atoms with Crippen molar-refractivity contribution in [2.75, 3.05) is 0 Å². The van der Waals surface area contributed by atoms with Crippen LogP contribution in [0.1, 0.15) is 5.56 Å². The fourth-order valence-electron chi connectivity index (χ4n) is 1.35. The van der Waals surface area contributed by atoms with Gasteiger partial charge < -0.3 is 5.32 Å². The molecule has 0 bridgehead atoms. The molecule has 0 atom stereocenters. The average Bonchev–Trinajstić information content (AvgIpc) is 2.53. The number of carbonyl (C=O) groups is 3. The minimum atomic E-state index is -1.07. The van der Waals surface area contributed by atoms with E-state index >= 15 is 0 Å². The molecule has 0 radical (unpaired) electrons. The molecule has 86 valence electrons. The fraction of sp³-hybridized carbons (Fsp3) is 0. The SMILES string of the molecule is O=C1NC(=Cc2cccc(Cl)c2Cl)C(=O)C1=O. The summed E-state index contributed by atoms with van der Waals surface area (Å²) >= 11 is 11.7. The number of carbonyl (C=O) groups excluding carboxylic acids is 3. The molecule has 0 unspecified atom stereocenters. The molecule has 1 heterocycles. The van der Waals surface area contributed by atoms with Gasteiger partial charge in [-0.2, -0.15) is 0 Å². The summed E-state index contributed by atoms with van der Waals surface area (Å²) < 4.78 is 0. The summed E-state index contributed by atoms with van der Waals surface area (Å²) in [5, 5.41) is 2.75. The Bertz CT molecular complexity index is 578. The molecule has 1 aliphatic heterocycles. The largest absolute Gasteiger partial charge is 0.316 e. The van der Waals surface area contributed by atoms with Gasteiger partial charge in [-0.25, -0.2) is 0 Å². The van der Waals surface area contributed by atoms with Gasteiger partial charge in [0.2, 0.25) is 0 Å². The Hall–Kier alpha value is -1.65. The van der Waals surface area contributed by atoms with Crippen LogP contribution in [-0.4, -0.2) is 17.5 Å². The van der Waals surface area contributed by atoms with Crippen LogP contribution in [0.15, 0.2) is 23.9 Å². The molecule has 0 spiro atoms. The summed E-state index contributed by atoms with van der Waals surface area (Å²) in [7, 11) is 0. The van der Waals surface area contributed by atoms with Gasteiger partial charge in [-0.05, 0) is 17.7 Å². The highest BCUT2D eigenvalue weighted by Gasteiger charge is 2.34. The topological polar surface area (TPSA) is 63.2 Å². The van der Waals surface area contributed by atoms with Crippen molar-refractivity contribution in [3.8, 4) is 0 Å². The maximum absolute atomic E-state index is 11.3. The highest BCUT2D eigenvalue weighted by Crippen LogP contribution is 2.27. The normalized spacial score (nSPS) is 17.8. The van der Waals surface area contributed by atoms with Crippen molar-refractivity contribution < 1.29 is 14.4 Å². The first kappa shape index (κ1) is 11.8. The van der Waals surface area contributed by atoms with Crippen LogP contribution >= 0.6 is 23.2 Å². The number of rotatable bonds is 1. The lowest BCUT2D eigenvalue weighted by atomic mass is 10.1. The first-order valence-corrected chi connectivity index (χ1v) is 5.32. The molecular weight excluding hydrogens is 265 g/mol. The smallest absolute Gasteiger partial charge is 0.300 e. The van der Waals surface area contributed by atoms with E-state index in [4.69, 9.17) is 23.2 Å². The highest BCUT2D eigenvalue weighted by molar-refractivity contribution is 6.71. The van der Waals surface area contributed by atoms with Gasteiger partial charge in [0, 0.05) is 0 Å². The Morgan fingerprint density at radius 2 is 1.76 bits per heavy atom. The van der Waals surface area contributed by atoms with E-state index in [-0.39, 0.29) is 10.7 Å². The quantitative estimate of drug-likeness (QED) is 0.622. The number of allylic oxidation sites excluding steroid dienone is 1. The van der Waals surface area contributed by atoms with E-state index in [2.05, 4.69) is 5.32 Å². The molecule has 17 heavy (non-hydrogen) atoms. The first-order chi connectivity index (χ1) is 8.00. The van der Waals surface area contributed by atoms with Gasteiger partial charge in [0.15, 0.2) is 0 Å². The maximum Gasteiger partial charge on any atom is 0.300 e. The number of amides is 1. The minimum absolute atomic E-state index is 0.0934. The standard InChI is InChI=1S/C11H5Cl2NO3/c12-6-3-1-2-5(8(6)13)4-7-9(15)10(16)11(17)14-7/h1-4H,(H,14,17). The fourth-order valence-corrected chi connectivity index (χ4v) is 1.71. The molecule has 1 saturated heterocycles. The Balaban J connectivity index is 2.45. The van der Waals surface area contributed by atoms with Crippen LogP contribution in [0.3, 0.4) is 0 Å². The van der Waals surface area contributed by atoms with Gasteiger partial charge in [0.05, 0.1) is 15.7 Å². The van der Waals surface area contributed by atoms with Crippen molar-refractivity contribution in [2.24, 2.45) is 0 Å². The number of Topliss-reactive ketones (excluding diaryl/α,β-unsaturated/α-hetero) is 2. The third kappa shape index (κ3) is 2.09. The van der Waals surface area contributed by atoms with E-state index in [0.29, 0.717) is 10.6 Å². The number of ketones is 2. The van der Waals surface area contributed by atoms with Crippen LogP contribution in [0.4, 0.5) is 0 Å².